The maximum absolute atomic E-state index is 13.0. The lowest BCUT2D eigenvalue weighted by molar-refractivity contribution is -0.121. The number of carbonyl (C=O) groups excluding carboxylic acids is 1. The van der Waals surface area contributed by atoms with Crippen LogP contribution in [-0.4, -0.2) is 18.5 Å². The molecule has 1 atom stereocenters. The molecule has 1 unspecified atom stereocenters. The Morgan fingerprint density at radius 2 is 2.29 bits per heavy atom. The van der Waals surface area contributed by atoms with Gasteiger partial charge in [-0.15, -0.1) is 6.42 Å². The van der Waals surface area contributed by atoms with Crippen LogP contribution in [0.5, 0.6) is 0 Å². The highest BCUT2D eigenvalue weighted by Gasteiger charge is 2.12. The lowest BCUT2D eigenvalue weighted by Gasteiger charge is -2.14. The number of terminal acetylenes is 1. The fourth-order valence-corrected chi connectivity index (χ4v) is 1.47. The van der Waals surface area contributed by atoms with Crippen molar-refractivity contribution in [3.05, 3.63) is 29.0 Å². The minimum atomic E-state index is -0.527. The molecule has 3 nitrogen and oxygen atoms in total. The molecule has 0 bridgehead atoms. The number of hydrogen-bond acceptors (Lipinski definition) is 2. The Bertz CT molecular complexity index is 436. The molecule has 0 aliphatic rings. The number of rotatable bonds is 4. The Morgan fingerprint density at radius 3 is 2.88 bits per heavy atom. The Balaban J connectivity index is 2.64. The third-order valence-corrected chi connectivity index (χ3v) is 2.22. The van der Waals surface area contributed by atoms with Crippen molar-refractivity contribution in [2.24, 2.45) is 0 Å². The molecule has 5 heteroatoms. The highest BCUT2D eigenvalue weighted by molar-refractivity contribution is 6.30. The van der Waals surface area contributed by atoms with Crippen LogP contribution >= 0.6 is 11.6 Å². The molecule has 0 radical (unpaired) electrons. The molecule has 1 rings (SSSR count). The average molecular weight is 255 g/mol. The van der Waals surface area contributed by atoms with Gasteiger partial charge in [-0.2, -0.15) is 0 Å². The van der Waals surface area contributed by atoms with Gasteiger partial charge < -0.3 is 10.6 Å². The highest BCUT2D eigenvalue weighted by Crippen LogP contribution is 2.18. The summed E-state index contributed by atoms with van der Waals surface area (Å²) in [5, 5.41) is 5.61. The Labute approximate surface area is 104 Å². The molecular weight excluding hydrogens is 243 g/mol. The molecule has 1 aromatic carbocycles. The first kappa shape index (κ1) is 13.3. The lowest BCUT2D eigenvalue weighted by Crippen LogP contribution is -2.37. The van der Waals surface area contributed by atoms with Crippen LogP contribution in [0.1, 0.15) is 6.92 Å². The molecule has 2 N–H and O–H groups in total. The van der Waals surface area contributed by atoms with Gasteiger partial charge in [-0.05, 0) is 25.1 Å². The number of carbonyl (C=O) groups is 1. The van der Waals surface area contributed by atoms with Crippen LogP contribution in [0.4, 0.5) is 10.1 Å². The first-order valence-electron chi connectivity index (χ1n) is 4.96. The van der Waals surface area contributed by atoms with E-state index in [0.29, 0.717) is 5.69 Å². The number of anilines is 1. The van der Waals surface area contributed by atoms with Gasteiger partial charge in [0.05, 0.1) is 6.54 Å². The largest absolute Gasteiger partial charge is 0.374 e. The van der Waals surface area contributed by atoms with Crippen molar-refractivity contribution in [1.82, 2.24) is 5.32 Å². The summed E-state index contributed by atoms with van der Waals surface area (Å²) < 4.78 is 13.0. The van der Waals surface area contributed by atoms with E-state index in [1.807, 2.05) is 0 Å². The summed E-state index contributed by atoms with van der Waals surface area (Å²) >= 11 is 5.69. The summed E-state index contributed by atoms with van der Waals surface area (Å²) in [5.74, 6) is 1.57. The van der Waals surface area contributed by atoms with Gasteiger partial charge in [0.2, 0.25) is 5.91 Å². The predicted octanol–water partition coefficient (Wildman–Crippen LogP) is 2.03. The summed E-state index contributed by atoms with van der Waals surface area (Å²) in [5.41, 5.74) is 0.443. The smallest absolute Gasteiger partial charge is 0.242 e. The topological polar surface area (TPSA) is 41.1 Å². The quantitative estimate of drug-likeness (QED) is 0.808. The van der Waals surface area contributed by atoms with E-state index in [2.05, 4.69) is 16.6 Å². The van der Waals surface area contributed by atoms with E-state index in [1.165, 1.54) is 18.2 Å². The van der Waals surface area contributed by atoms with E-state index in [4.69, 9.17) is 18.0 Å². The molecule has 1 amide bonds. The molecule has 0 aliphatic heterocycles. The van der Waals surface area contributed by atoms with E-state index >= 15 is 0 Å². The summed E-state index contributed by atoms with van der Waals surface area (Å²) in [6.07, 6.45) is 5.02. The molecule has 90 valence electrons. The van der Waals surface area contributed by atoms with Crippen molar-refractivity contribution < 1.29 is 9.18 Å². The van der Waals surface area contributed by atoms with Gasteiger partial charge in [-0.25, -0.2) is 4.39 Å². The molecule has 0 saturated carbocycles. The zero-order chi connectivity index (χ0) is 12.8. The fourth-order valence-electron chi connectivity index (χ4n) is 1.24. The van der Waals surface area contributed by atoms with Gasteiger partial charge in [-0.3, -0.25) is 4.79 Å². The Kier molecular flexibility index (Phi) is 4.80. The van der Waals surface area contributed by atoms with Crippen molar-refractivity contribution in [1.29, 1.82) is 0 Å². The van der Waals surface area contributed by atoms with Crippen LogP contribution in [0.15, 0.2) is 18.2 Å². The number of benzene rings is 1. The van der Waals surface area contributed by atoms with Gasteiger partial charge >= 0.3 is 0 Å². The molecule has 0 saturated heterocycles. The molecule has 0 spiro atoms. The fraction of sp³-hybridized carbons (Fsp3) is 0.250. The SMILES string of the molecule is C#CCNC(=O)C(C)Nc1cc(F)cc(Cl)c1. The molecule has 0 heterocycles. The van der Waals surface area contributed by atoms with Gasteiger partial charge in [0.15, 0.2) is 0 Å². The van der Waals surface area contributed by atoms with E-state index in [9.17, 15) is 9.18 Å². The zero-order valence-electron chi connectivity index (χ0n) is 9.26. The van der Waals surface area contributed by atoms with Crippen molar-refractivity contribution in [3.8, 4) is 12.3 Å². The highest BCUT2D eigenvalue weighted by atomic mass is 35.5. The first-order valence-corrected chi connectivity index (χ1v) is 5.34. The van der Waals surface area contributed by atoms with Crippen molar-refractivity contribution in [2.75, 3.05) is 11.9 Å². The van der Waals surface area contributed by atoms with Crippen molar-refractivity contribution >= 4 is 23.2 Å². The second-order valence-corrected chi connectivity index (χ2v) is 3.88. The second-order valence-electron chi connectivity index (χ2n) is 3.45. The van der Waals surface area contributed by atoms with Crippen LogP contribution < -0.4 is 10.6 Å². The number of halogens is 2. The Hall–Kier alpha value is -1.73. The van der Waals surface area contributed by atoms with E-state index in [0.717, 1.165) is 0 Å². The third kappa shape index (κ3) is 4.33. The summed E-state index contributed by atoms with van der Waals surface area (Å²) in [6.45, 7) is 1.80. The normalized spacial score (nSPS) is 11.4. The number of nitrogens with one attached hydrogen (secondary N) is 2. The molecular formula is C12H12ClFN2O. The molecule has 0 aliphatic carbocycles. The van der Waals surface area contributed by atoms with E-state index in [1.54, 1.807) is 6.92 Å². The summed E-state index contributed by atoms with van der Waals surface area (Å²) in [4.78, 5) is 11.5. The van der Waals surface area contributed by atoms with Crippen LogP contribution in [0.2, 0.25) is 5.02 Å². The maximum atomic E-state index is 13.0. The second kappa shape index (κ2) is 6.12. The predicted molar refractivity (Wildman–Crippen MR) is 66.3 cm³/mol. The van der Waals surface area contributed by atoms with Crippen LogP contribution in [0, 0.1) is 18.2 Å². The standard InChI is InChI=1S/C12H12ClFN2O/c1-3-4-15-12(17)8(2)16-11-6-9(13)5-10(14)7-11/h1,5-8,16H,4H2,2H3,(H,15,17). The third-order valence-electron chi connectivity index (χ3n) is 2.00. The first-order chi connectivity index (χ1) is 8.02. The van der Waals surface area contributed by atoms with E-state index < -0.39 is 11.9 Å². The molecule has 0 fully saturated rings. The van der Waals surface area contributed by atoms with E-state index in [-0.39, 0.29) is 17.5 Å². The monoisotopic (exact) mass is 254 g/mol. The molecule has 0 aromatic heterocycles. The molecule has 17 heavy (non-hydrogen) atoms. The molecule has 1 aromatic rings. The van der Waals surface area contributed by atoms with Crippen molar-refractivity contribution in [2.45, 2.75) is 13.0 Å². The minimum Gasteiger partial charge on any atom is -0.374 e. The maximum Gasteiger partial charge on any atom is 0.242 e. The summed E-state index contributed by atoms with van der Waals surface area (Å²) in [6, 6.07) is 3.46. The zero-order valence-corrected chi connectivity index (χ0v) is 10.0. The van der Waals surface area contributed by atoms with Gasteiger partial charge in [-0.1, -0.05) is 17.5 Å². The van der Waals surface area contributed by atoms with Crippen LogP contribution in [0.25, 0.3) is 0 Å². The lowest BCUT2D eigenvalue weighted by atomic mass is 10.2. The van der Waals surface area contributed by atoms with Crippen LogP contribution in [0.3, 0.4) is 0 Å². The van der Waals surface area contributed by atoms with Gasteiger partial charge in [0.1, 0.15) is 11.9 Å². The van der Waals surface area contributed by atoms with Crippen molar-refractivity contribution in [3.63, 3.8) is 0 Å². The summed E-state index contributed by atoms with van der Waals surface area (Å²) in [7, 11) is 0. The van der Waals surface area contributed by atoms with Gasteiger partial charge in [0.25, 0.3) is 0 Å². The van der Waals surface area contributed by atoms with Crippen LogP contribution in [-0.2, 0) is 4.79 Å². The number of hydrogen-bond donors (Lipinski definition) is 2. The number of amides is 1. The average Bonchev–Trinajstić information content (AvgIpc) is 2.24. The van der Waals surface area contributed by atoms with Gasteiger partial charge in [0, 0.05) is 10.7 Å². The Morgan fingerprint density at radius 1 is 1.59 bits per heavy atom. The minimum absolute atomic E-state index is 0.161.